The van der Waals surface area contributed by atoms with E-state index >= 15 is 0 Å². The zero-order chi connectivity index (χ0) is 14.2. The van der Waals surface area contributed by atoms with E-state index in [1.807, 2.05) is 18.2 Å². The molecule has 0 spiro atoms. The zero-order valence-electron chi connectivity index (χ0n) is 11.8. The molecule has 2 N–H and O–H groups in total. The lowest BCUT2D eigenvalue weighted by Crippen LogP contribution is -2.34. The van der Waals surface area contributed by atoms with Gasteiger partial charge in [0.15, 0.2) is 0 Å². The molecule has 20 heavy (non-hydrogen) atoms. The van der Waals surface area contributed by atoms with Gasteiger partial charge in [0.05, 0.1) is 5.92 Å². The molecule has 108 valence electrons. The lowest BCUT2D eigenvalue weighted by atomic mass is 9.79. The second-order valence-electron chi connectivity index (χ2n) is 5.46. The van der Waals surface area contributed by atoms with Crippen LogP contribution in [0.15, 0.2) is 36.4 Å². The smallest absolute Gasteiger partial charge is 0.306 e. The normalized spacial score (nSPS) is 23.0. The monoisotopic (exact) mass is 273 g/mol. The van der Waals surface area contributed by atoms with Gasteiger partial charge in [-0.15, -0.1) is 0 Å². The molecule has 0 saturated heterocycles. The Morgan fingerprint density at radius 2 is 2.00 bits per heavy atom. The van der Waals surface area contributed by atoms with E-state index < -0.39 is 5.97 Å². The molecule has 0 radical (unpaired) electrons. The summed E-state index contributed by atoms with van der Waals surface area (Å²) in [6.07, 6.45) is 8.27. The Morgan fingerprint density at radius 3 is 2.75 bits per heavy atom. The maximum atomic E-state index is 11.2. The molecule has 0 aliphatic heterocycles. The number of carbonyl (C=O) groups is 1. The molecule has 3 nitrogen and oxygen atoms in total. The van der Waals surface area contributed by atoms with Crippen LogP contribution >= 0.6 is 0 Å². The Kier molecular flexibility index (Phi) is 5.81. The summed E-state index contributed by atoms with van der Waals surface area (Å²) in [5.41, 5.74) is 1.19. The molecule has 2 rings (SSSR count). The van der Waals surface area contributed by atoms with E-state index in [9.17, 15) is 9.90 Å². The zero-order valence-corrected chi connectivity index (χ0v) is 11.8. The van der Waals surface area contributed by atoms with Gasteiger partial charge < -0.3 is 10.4 Å². The van der Waals surface area contributed by atoms with Gasteiger partial charge >= 0.3 is 5.97 Å². The average molecular weight is 273 g/mol. The van der Waals surface area contributed by atoms with Gasteiger partial charge in [-0.2, -0.15) is 0 Å². The minimum Gasteiger partial charge on any atom is -0.481 e. The molecule has 1 saturated carbocycles. The third-order valence-corrected chi connectivity index (χ3v) is 4.00. The fourth-order valence-corrected chi connectivity index (χ4v) is 2.89. The van der Waals surface area contributed by atoms with Gasteiger partial charge in [-0.1, -0.05) is 55.3 Å². The van der Waals surface area contributed by atoms with Crippen molar-refractivity contribution in [1.29, 1.82) is 0 Å². The van der Waals surface area contributed by atoms with E-state index in [2.05, 4.69) is 29.6 Å². The van der Waals surface area contributed by atoms with Gasteiger partial charge in [0.1, 0.15) is 0 Å². The topological polar surface area (TPSA) is 49.3 Å². The number of nitrogens with one attached hydrogen (secondary N) is 1. The van der Waals surface area contributed by atoms with Crippen LogP contribution in [0.5, 0.6) is 0 Å². The third-order valence-electron chi connectivity index (χ3n) is 4.00. The molecule has 3 heteroatoms. The number of benzene rings is 1. The summed E-state index contributed by atoms with van der Waals surface area (Å²) in [6.45, 7) is 1.59. The summed E-state index contributed by atoms with van der Waals surface area (Å²) in [7, 11) is 0. The highest BCUT2D eigenvalue weighted by Gasteiger charge is 2.29. The third kappa shape index (κ3) is 4.49. The lowest BCUT2D eigenvalue weighted by Gasteiger charge is -2.28. The van der Waals surface area contributed by atoms with Crippen molar-refractivity contribution < 1.29 is 9.90 Å². The van der Waals surface area contributed by atoms with Crippen LogP contribution in [0.4, 0.5) is 0 Å². The Hall–Kier alpha value is -1.61. The van der Waals surface area contributed by atoms with E-state index in [-0.39, 0.29) is 11.8 Å². The quantitative estimate of drug-likeness (QED) is 0.783. The first-order valence-corrected chi connectivity index (χ1v) is 7.42. The second kappa shape index (κ2) is 7.85. The minimum absolute atomic E-state index is 0.158. The Labute approximate surface area is 120 Å². The fraction of sp³-hybridized carbons (Fsp3) is 0.471. The van der Waals surface area contributed by atoms with Crippen molar-refractivity contribution in [2.24, 2.45) is 11.8 Å². The van der Waals surface area contributed by atoms with Gasteiger partial charge in [-0.05, 0) is 30.9 Å². The molecule has 0 heterocycles. The standard InChI is InChI=1S/C17H23NO2/c19-17(20)16-11-5-4-10-15(16)13-18-12-6-9-14-7-2-1-3-8-14/h1-3,6-9,15-16,18H,4-5,10-13H2,(H,19,20). The number of carboxylic acids is 1. The van der Waals surface area contributed by atoms with Crippen LogP contribution in [0.25, 0.3) is 6.08 Å². The summed E-state index contributed by atoms with van der Waals surface area (Å²) in [5, 5.41) is 12.6. The predicted molar refractivity (Wildman–Crippen MR) is 81.4 cm³/mol. The van der Waals surface area contributed by atoms with Crippen LogP contribution in [0.3, 0.4) is 0 Å². The van der Waals surface area contributed by atoms with Crippen molar-refractivity contribution in [2.75, 3.05) is 13.1 Å². The fourth-order valence-electron chi connectivity index (χ4n) is 2.89. The summed E-state index contributed by atoms with van der Waals surface area (Å²) in [6, 6.07) is 10.2. The maximum Gasteiger partial charge on any atom is 0.306 e. The highest BCUT2D eigenvalue weighted by Crippen LogP contribution is 2.29. The minimum atomic E-state index is -0.628. The van der Waals surface area contributed by atoms with Crippen molar-refractivity contribution in [1.82, 2.24) is 5.32 Å². The van der Waals surface area contributed by atoms with Crippen LogP contribution in [0, 0.1) is 11.8 Å². The maximum absolute atomic E-state index is 11.2. The molecule has 1 fully saturated rings. The summed E-state index contributed by atoms with van der Waals surface area (Å²) in [5.74, 6) is -0.503. The van der Waals surface area contributed by atoms with Crippen LogP contribution in [-0.2, 0) is 4.79 Å². The molecule has 2 unspecified atom stereocenters. The van der Waals surface area contributed by atoms with E-state index in [1.165, 1.54) is 5.56 Å². The number of aliphatic carboxylic acids is 1. The largest absolute Gasteiger partial charge is 0.481 e. The first-order chi connectivity index (χ1) is 9.77. The highest BCUT2D eigenvalue weighted by atomic mass is 16.4. The van der Waals surface area contributed by atoms with Crippen molar-refractivity contribution in [2.45, 2.75) is 25.7 Å². The Balaban J connectivity index is 1.72. The summed E-state index contributed by atoms with van der Waals surface area (Å²) < 4.78 is 0. The summed E-state index contributed by atoms with van der Waals surface area (Å²) >= 11 is 0. The van der Waals surface area contributed by atoms with E-state index in [1.54, 1.807) is 0 Å². The molecule has 1 aliphatic carbocycles. The SMILES string of the molecule is O=C(O)C1CCCCC1CNCC=Cc1ccccc1. The number of hydrogen-bond acceptors (Lipinski definition) is 2. The predicted octanol–water partition coefficient (Wildman–Crippen LogP) is 3.18. The molecule has 1 aromatic rings. The first kappa shape index (κ1) is 14.8. The number of hydrogen-bond donors (Lipinski definition) is 2. The van der Waals surface area contributed by atoms with E-state index in [0.717, 1.165) is 38.8 Å². The van der Waals surface area contributed by atoms with E-state index in [0.29, 0.717) is 0 Å². The molecular weight excluding hydrogens is 250 g/mol. The molecule has 1 aromatic carbocycles. The Morgan fingerprint density at radius 1 is 1.25 bits per heavy atom. The first-order valence-electron chi connectivity index (χ1n) is 7.42. The van der Waals surface area contributed by atoms with Crippen molar-refractivity contribution in [3.8, 4) is 0 Å². The van der Waals surface area contributed by atoms with Crippen molar-refractivity contribution in [3.05, 3.63) is 42.0 Å². The molecule has 0 aromatic heterocycles. The average Bonchev–Trinajstić information content (AvgIpc) is 2.48. The molecule has 0 amide bonds. The van der Waals surface area contributed by atoms with Crippen molar-refractivity contribution >= 4 is 12.0 Å². The van der Waals surface area contributed by atoms with Gasteiger partial charge in [0, 0.05) is 6.54 Å². The summed E-state index contributed by atoms with van der Waals surface area (Å²) in [4.78, 5) is 11.2. The Bertz CT molecular complexity index is 442. The molecule has 1 aliphatic rings. The molecular formula is C17H23NO2. The number of carboxylic acid groups (broad SMARTS) is 1. The van der Waals surface area contributed by atoms with E-state index in [4.69, 9.17) is 0 Å². The number of rotatable bonds is 6. The van der Waals surface area contributed by atoms with Gasteiger partial charge in [-0.3, -0.25) is 4.79 Å². The lowest BCUT2D eigenvalue weighted by molar-refractivity contribution is -0.144. The second-order valence-corrected chi connectivity index (χ2v) is 5.46. The molecule has 0 bridgehead atoms. The van der Waals surface area contributed by atoms with Crippen LogP contribution in [0.1, 0.15) is 31.2 Å². The van der Waals surface area contributed by atoms with Gasteiger partial charge in [-0.25, -0.2) is 0 Å². The van der Waals surface area contributed by atoms with Gasteiger partial charge in [0.25, 0.3) is 0 Å². The highest BCUT2D eigenvalue weighted by molar-refractivity contribution is 5.70. The molecule has 2 atom stereocenters. The van der Waals surface area contributed by atoms with Crippen LogP contribution < -0.4 is 5.32 Å². The van der Waals surface area contributed by atoms with Crippen molar-refractivity contribution in [3.63, 3.8) is 0 Å². The van der Waals surface area contributed by atoms with Crippen LogP contribution in [-0.4, -0.2) is 24.2 Å². The van der Waals surface area contributed by atoms with Gasteiger partial charge in [0.2, 0.25) is 0 Å². The van der Waals surface area contributed by atoms with Crippen LogP contribution in [0.2, 0.25) is 0 Å².